The van der Waals surface area contributed by atoms with E-state index in [2.05, 4.69) is 5.32 Å². The summed E-state index contributed by atoms with van der Waals surface area (Å²) in [5, 5.41) is 2.90. The van der Waals surface area contributed by atoms with Gasteiger partial charge in [-0.05, 0) is 23.6 Å². The Hall–Kier alpha value is -1.24. The van der Waals surface area contributed by atoms with Gasteiger partial charge in [0.15, 0.2) is 9.84 Å². The molecule has 0 spiro atoms. The average Bonchev–Trinajstić information content (AvgIpc) is 2.31. The fraction of sp³-hybridized carbons (Fsp3) is 0.500. The van der Waals surface area contributed by atoms with E-state index in [1.807, 2.05) is 0 Å². The Morgan fingerprint density at radius 3 is 2.47 bits per heavy atom. The minimum atomic E-state index is -4.55. The fourth-order valence-electron chi connectivity index (χ4n) is 2.08. The molecular formula is C12H14F3NO2S. The van der Waals surface area contributed by atoms with Crippen molar-refractivity contribution in [3.63, 3.8) is 0 Å². The van der Waals surface area contributed by atoms with Crippen LogP contribution >= 0.6 is 0 Å². The number of alkyl halides is 3. The summed E-state index contributed by atoms with van der Waals surface area (Å²) in [7, 11) is -3.73. The Morgan fingerprint density at radius 2 is 1.89 bits per heavy atom. The lowest BCUT2D eigenvalue weighted by Gasteiger charge is -2.20. The van der Waals surface area contributed by atoms with Gasteiger partial charge in [-0.15, -0.1) is 0 Å². The molecule has 0 saturated heterocycles. The van der Waals surface area contributed by atoms with Gasteiger partial charge in [0, 0.05) is 6.54 Å². The summed E-state index contributed by atoms with van der Waals surface area (Å²) in [6, 6.07) is 2.77. The van der Waals surface area contributed by atoms with Crippen LogP contribution in [0, 0.1) is 5.41 Å². The summed E-state index contributed by atoms with van der Waals surface area (Å²) in [6.07, 6.45) is -4.55. The number of anilines is 1. The van der Waals surface area contributed by atoms with Crippen LogP contribution in [0.2, 0.25) is 0 Å². The molecule has 0 unspecified atom stereocenters. The van der Waals surface area contributed by atoms with Crippen molar-refractivity contribution in [1.29, 1.82) is 0 Å². The highest BCUT2D eigenvalue weighted by Crippen LogP contribution is 2.37. The van der Waals surface area contributed by atoms with Crippen LogP contribution in [0.3, 0.4) is 0 Å². The van der Waals surface area contributed by atoms with E-state index in [1.54, 1.807) is 13.8 Å². The van der Waals surface area contributed by atoms with Crippen molar-refractivity contribution in [2.24, 2.45) is 5.41 Å². The molecule has 7 heteroatoms. The minimum Gasteiger partial charge on any atom is -0.383 e. The van der Waals surface area contributed by atoms with Crippen molar-refractivity contribution in [3.8, 4) is 0 Å². The molecule has 1 aromatic rings. The van der Waals surface area contributed by atoms with Crippen LogP contribution in [0.25, 0.3) is 0 Å². The molecule has 1 aliphatic rings. The second kappa shape index (κ2) is 4.13. The first-order valence-electron chi connectivity index (χ1n) is 5.69. The molecule has 3 nitrogen and oxygen atoms in total. The largest absolute Gasteiger partial charge is 0.416 e. The zero-order valence-corrected chi connectivity index (χ0v) is 11.3. The van der Waals surface area contributed by atoms with Gasteiger partial charge >= 0.3 is 6.18 Å². The molecule has 2 rings (SSSR count). The summed E-state index contributed by atoms with van der Waals surface area (Å²) in [5.41, 5.74) is -1.24. The topological polar surface area (TPSA) is 46.2 Å². The smallest absolute Gasteiger partial charge is 0.383 e. The molecule has 0 atom stereocenters. The van der Waals surface area contributed by atoms with E-state index in [4.69, 9.17) is 0 Å². The maximum atomic E-state index is 12.6. The highest BCUT2D eigenvalue weighted by molar-refractivity contribution is 7.91. The molecule has 0 saturated carbocycles. The maximum absolute atomic E-state index is 12.6. The van der Waals surface area contributed by atoms with Gasteiger partial charge in [0.25, 0.3) is 0 Å². The van der Waals surface area contributed by atoms with Gasteiger partial charge in [-0.3, -0.25) is 0 Å². The van der Waals surface area contributed by atoms with E-state index in [0.29, 0.717) is 12.6 Å². The van der Waals surface area contributed by atoms with Crippen molar-refractivity contribution in [2.75, 3.05) is 17.6 Å². The lowest BCUT2D eigenvalue weighted by atomic mass is 9.96. The molecule has 0 bridgehead atoms. The number of halogens is 3. The minimum absolute atomic E-state index is 0.179. The van der Waals surface area contributed by atoms with E-state index in [0.717, 1.165) is 6.07 Å². The number of hydrogen-bond acceptors (Lipinski definition) is 3. The second-order valence-corrected chi connectivity index (χ2v) is 7.44. The number of hydrogen-bond donors (Lipinski definition) is 1. The van der Waals surface area contributed by atoms with Crippen molar-refractivity contribution in [1.82, 2.24) is 0 Å². The number of fused-ring (bicyclic) bond motifs is 1. The zero-order valence-electron chi connectivity index (χ0n) is 10.5. The molecule has 0 fully saturated rings. The van der Waals surface area contributed by atoms with Crippen LogP contribution in [0.1, 0.15) is 19.4 Å². The molecule has 0 aromatic heterocycles. The van der Waals surface area contributed by atoms with Crippen molar-refractivity contribution in [3.05, 3.63) is 23.8 Å². The number of nitrogens with one attached hydrogen (secondary N) is 1. The molecule has 0 amide bonds. The molecular weight excluding hydrogens is 279 g/mol. The second-order valence-electron chi connectivity index (χ2n) is 5.49. The summed E-state index contributed by atoms with van der Waals surface area (Å²) >= 11 is 0. The van der Waals surface area contributed by atoms with Crippen molar-refractivity contribution < 1.29 is 21.6 Å². The lowest BCUT2D eigenvalue weighted by Crippen LogP contribution is -2.28. The summed E-state index contributed by atoms with van der Waals surface area (Å²) in [4.78, 5) is -0.270. The quantitative estimate of drug-likeness (QED) is 0.800. The Kier molecular flexibility index (Phi) is 3.08. The molecule has 19 heavy (non-hydrogen) atoms. The van der Waals surface area contributed by atoms with E-state index >= 15 is 0 Å². The van der Waals surface area contributed by atoms with Crippen LogP contribution in [-0.2, 0) is 16.0 Å². The first-order chi connectivity index (χ1) is 8.51. The van der Waals surface area contributed by atoms with Crippen LogP contribution in [0.5, 0.6) is 0 Å². The van der Waals surface area contributed by atoms with Crippen LogP contribution in [-0.4, -0.2) is 20.7 Å². The number of benzene rings is 1. The van der Waals surface area contributed by atoms with Gasteiger partial charge in [-0.2, -0.15) is 13.2 Å². The third kappa shape index (κ3) is 2.86. The molecule has 1 N–H and O–H groups in total. The van der Waals surface area contributed by atoms with Gasteiger partial charge in [-0.25, -0.2) is 8.42 Å². The zero-order chi connectivity index (χ0) is 14.5. The van der Waals surface area contributed by atoms with Crippen molar-refractivity contribution >= 4 is 15.5 Å². The average molecular weight is 293 g/mol. The SMILES string of the molecule is CC1(C)CNc2ccc(C(F)(F)F)cc2S(=O)(=O)C1. The summed E-state index contributed by atoms with van der Waals surface area (Å²) in [5.74, 6) is -0.179. The number of rotatable bonds is 0. The van der Waals surface area contributed by atoms with E-state index in [1.165, 1.54) is 6.07 Å². The van der Waals surface area contributed by atoms with Gasteiger partial charge in [-0.1, -0.05) is 13.8 Å². The first-order valence-corrected chi connectivity index (χ1v) is 7.34. The van der Waals surface area contributed by atoms with E-state index in [9.17, 15) is 21.6 Å². The number of sulfone groups is 1. The predicted octanol–water partition coefficient (Wildman–Crippen LogP) is 2.93. The third-order valence-corrected chi connectivity index (χ3v) is 5.15. The van der Waals surface area contributed by atoms with Crippen LogP contribution < -0.4 is 5.32 Å². The predicted molar refractivity (Wildman–Crippen MR) is 65.8 cm³/mol. The highest BCUT2D eigenvalue weighted by atomic mass is 32.2. The van der Waals surface area contributed by atoms with Crippen LogP contribution in [0.15, 0.2) is 23.1 Å². The van der Waals surface area contributed by atoms with Gasteiger partial charge < -0.3 is 5.32 Å². The molecule has 1 heterocycles. The van der Waals surface area contributed by atoms with Gasteiger partial charge in [0.2, 0.25) is 0 Å². The molecule has 1 aromatic carbocycles. The van der Waals surface area contributed by atoms with Gasteiger partial charge in [0.1, 0.15) is 0 Å². The Bertz CT molecular complexity index is 606. The van der Waals surface area contributed by atoms with Crippen molar-refractivity contribution in [2.45, 2.75) is 24.9 Å². The molecule has 0 radical (unpaired) electrons. The molecule has 106 valence electrons. The monoisotopic (exact) mass is 293 g/mol. The normalized spacial score (nSPS) is 21.1. The fourth-order valence-corrected chi connectivity index (χ4v) is 4.15. The maximum Gasteiger partial charge on any atom is 0.416 e. The molecule has 1 aliphatic heterocycles. The molecule has 0 aliphatic carbocycles. The lowest BCUT2D eigenvalue weighted by molar-refractivity contribution is -0.137. The standard InChI is InChI=1S/C12H14F3NO2S/c1-11(2)6-16-9-4-3-8(12(13,14)15)5-10(9)19(17,18)7-11/h3-5,16H,6-7H2,1-2H3. The Labute approximate surface area is 109 Å². The summed E-state index contributed by atoms with van der Waals surface area (Å²) in [6.45, 7) is 3.91. The van der Waals surface area contributed by atoms with E-state index < -0.39 is 27.0 Å². The first kappa shape index (κ1) is 14.2. The highest BCUT2D eigenvalue weighted by Gasteiger charge is 2.36. The Balaban J connectivity index is 2.60. The van der Waals surface area contributed by atoms with E-state index in [-0.39, 0.29) is 16.3 Å². The van der Waals surface area contributed by atoms with Gasteiger partial charge in [0.05, 0.1) is 21.9 Å². The summed E-state index contributed by atoms with van der Waals surface area (Å²) < 4.78 is 62.3. The third-order valence-electron chi connectivity index (χ3n) is 2.98. The van der Waals surface area contributed by atoms with Crippen LogP contribution in [0.4, 0.5) is 18.9 Å². The Morgan fingerprint density at radius 1 is 1.26 bits per heavy atom.